The largest absolute Gasteiger partial charge is 0.341 e. The van der Waals surface area contributed by atoms with E-state index in [1.54, 1.807) is 4.90 Å². The Labute approximate surface area is 122 Å². The van der Waals surface area contributed by atoms with Gasteiger partial charge in [-0.15, -0.1) is 12.4 Å². The molecule has 2 N–H and O–H groups in total. The minimum absolute atomic E-state index is 0. The first-order valence-corrected chi connectivity index (χ1v) is 6.29. The van der Waals surface area contributed by atoms with E-state index in [9.17, 15) is 4.79 Å². The topological polar surface area (TPSA) is 46.3 Å². The molecule has 108 valence electrons. The van der Waals surface area contributed by atoms with Crippen LogP contribution >= 0.6 is 12.4 Å². The highest BCUT2D eigenvalue weighted by atomic mass is 35.5. The third-order valence-corrected chi connectivity index (χ3v) is 3.32. The second-order valence-corrected chi connectivity index (χ2v) is 5.83. The summed E-state index contributed by atoms with van der Waals surface area (Å²) in [5, 5.41) is 0. The molecule has 0 aromatic heterocycles. The third-order valence-electron chi connectivity index (χ3n) is 3.32. The molecule has 0 bridgehead atoms. The van der Waals surface area contributed by atoms with Crippen molar-refractivity contribution in [3.05, 3.63) is 34.9 Å². The van der Waals surface area contributed by atoms with E-state index in [1.165, 1.54) is 5.56 Å². The molecule has 0 spiro atoms. The average Bonchev–Trinajstić information content (AvgIpc) is 2.31. The van der Waals surface area contributed by atoms with Crippen LogP contribution in [0.1, 0.15) is 35.3 Å². The Bertz CT molecular complexity index is 444. The molecule has 4 heteroatoms. The highest BCUT2D eigenvalue weighted by Crippen LogP contribution is 2.17. The van der Waals surface area contributed by atoms with Gasteiger partial charge in [0.15, 0.2) is 0 Å². The maximum atomic E-state index is 12.3. The lowest BCUT2D eigenvalue weighted by Gasteiger charge is -2.29. The Morgan fingerprint density at radius 1 is 1.26 bits per heavy atom. The van der Waals surface area contributed by atoms with Gasteiger partial charge < -0.3 is 10.6 Å². The third kappa shape index (κ3) is 4.84. The highest BCUT2D eigenvalue weighted by molar-refractivity contribution is 5.94. The molecular weight excluding hydrogens is 260 g/mol. The molecule has 0 atom stereocenters. The number of hydrogen-bond acceptors (Lipinski definition) is 2. The summed E-state index contributed by atoms with van der Waals surface area (Å²) in [6, 6.07) is 5.82. The number of nitrogens with zero attached hydrogens (tertiary/aromatic N) is 1. The summed E-state index contributed by atoms with van der Waals surface area (Å²) in [6.45, 7) is 9.43. The second-order valence-electron chi connectivity index (χ2n) is 5.83. The van der Waals surface area contributed by atoms with Gasteiger partial charge in [-0.25, -0.2) is 0 Å². The zero-order valence-corrected chi connectivity index (χ0v) is 13.3. The number of aryl methyl sites for hydroxylation is 2. The van der Waals surface area contributed by atoms with Gasteiger partial charge in [0.25, 0.3) is 5.91 Å². The first-order chi connectivity index (χ1) is 8.26. The lowest BCUT2D eigenvalue weighted by molar-refractivity contribution is 0.0740. The van der Waals surface area contributed by atoms with Crippen LogP contribution in [0, 0.1) is 19.3 Å². The summed E-state index contributed by atoms with van der Waals surface area (Å²) in [4.78, 5) is 14.0. The van der Waals surface area contributed by atoms with Gasteiger partial charge in [0.05, 0.1) is 0 Å². The standard InChI is InChI=1S/C15H24N2O.ClH/c1-11-6-7-13(8-12(11)2)14(18)17(5)10-15(3,4)9-16;/h6-8H,9-10,16H2,1-5H3;1H. The van der Waals surface area contributed by atoms with Gasteiger partial charge >= 0.3 is 0 Å². The van der Waals surface area contributed by atoms with Gasteiger partial charge in [-0.1, -0.05) is 19.9 Å². The first kappa shape index (κ1) is 17.9. The van der Waals surface area contributed by atoms with Crippen molar-refractivity contribution in [2.45, 2.75) is 27.7 Å². The molecule has 1 amide bonds. The number of hydrogen-bond donors (Lipinski definition) is 1. The van der Waals surface area contributed by atoms with Gasteiger partial charge in [0, 0.05) is 19.2 Å². The zero-order valence-electron chi connectivity index (χ0n) is 12.5. The maximum Gasteiger partial charge on any atom is 0.253 e. The van der Waals surface area contributed by atoms with E-state index < -0.39 is 0 Å². The van der Waals surface area contributed by atoms with Crippen LogP contribution in [0.3, 0.4) is 0 Å². The molecule has 0 fully saturated rings. The Morgan fingerprint density at radius 2 is 1.84 bits per heavy atom. The highest BCUT2D eigenvalue weighted by Gasteiger charge is 2.21. The minimum Gasteiger partial charge on any atom is -0.341 e. The fourth-order valence-electron chi connectivity index (χ4n) is 1.87. The molecule has 0 unspecified atom stereocenters. The van der Waals surface area contributed by atoms with Crippen LogP contribution in [-0.2, 0) is 0 Å². The van der Waals surface area contributed by atoms with Crippen molar-refractivity contribution in [1.82, 2.24) is 4.90 Å². The smallest absolute Gasteiger partial charge is 0.253 e. The van der Waals surface area contributed by atoms with Crippen molar-refractivity contribution in [2.75, 3.05) is 20.1 Å². The molecule has 0 saturated heterocycles. The van der Waals surface area contributed by atoms with Gasteiger partial charge in [-0.3, -0.25) is 4.79 Å². The Balaban J connectivity index is 0.00000324. The lowest BCUT2D eigenvalue weighted by Crippen LogP contribution is -2.39. The summed E-state index contributed by atoms with van der Waals surface area (Å²) >= 11 is 0. The maximum absolute atomic E-state index is 12.3. The van der Waals surface area contributed by atoms with Crippen molar-refractivity contribution in [3.8, 4) is 0 Å². The molecular formula is C15H25ClN2O. The summed E-state index contributed by atoms with van der Waals surface area (Å²) in [5.41, 5.74) is 8.74. The van der Waals surface area contributed by atoms with Crippen LogP contribution in [0.5, 0.6) is 0 Å². The molecule has 1 aromatic rings. The van der Waals surface area contributed by atoms with Gasteiger partial charge in [-0.2, -0.15) is 0 Å². The molecule has 19 heavy (non-hydrogen) atoms. The van der Waals surface area contributed by atoms with Gasteiger partial charge in [0.2, 0.25) is 0 Å². The molecule has 0 aliphatic carbocycles. The van der Waals surface area contributed by atoms with Crippen LogP contribution in [0.2, 0.25) is 0 Å². The second kappa shape index (κ2) is 6.92. The zero-order chi connectivity index (χ0) is 13.9. The van der Waals surface area contributed by atoms with Crippen molar-refractivity contribution < 1.29 is 4.79 Å². The number of carbonyl (C=O) groups excluding carboxylic acids is 1. The Morgan fingerprint density at radius 3 is 2.32 bits per heavy atom. The molecule has 0 saturated carbocycles. The van der Waals surface area contributed by atoms with E-state index in [4.69, 9.17) is 5.73 Å². The van der Waals surface area contributed by atoms with E-state index >= 15 is 0 Å². The van der Waals surface area contributed by atoms with Gasteiger partial charge in [0.1, 0.15) is 0 Å². The minimum atomic E-state index is -0.0514. The van der Waals surface area contributed by atoms with Crippen LogP contribution in [0.4, 0.5) is 0 Å². The molecule has 0 aliphatic heterocycles. The van der Waals surface area contributed by atoms with Crippen LogP contribution < -0.4 is 5.73 Å². The number of carbonyl (C=O) groups is 1. The molecule has 0 heterocycles. The van der Waals surface area contributed by atoms with Gasteiger partial charge in [-0.05, 0) is 49.1 Å². The fraction of sp³-hybridized carbons (Fsp3) is 0.533. The van der Waals surface area contributed by atoms with E-state index in [1.807, 2.05) is 39.1 Å². The summed E-state index contributed by atoms with van der Waals surface area (Å²) < 4.78 is 0. The fourth-order valence-corrected chi connectivity index (χ4v) is 1.87. The predicted octanol–water partition coefficient (Wildman–Crippen LogP) is 2.78. The normalized spacial score (nSPS) is 10.8. The number of halogens is 1. The van der Waals surface area contributed by atoms with Crippen molar-refractivity contribution in [2.24, 2.45) is 11.1 Å². The van der Waals surface area contributed by atoms with Crippen molar-refractivity contribution in [3.63, 3.8) is 0 Å². The number of nitrogens with two attached hydrogens (primary N) is 1. The molecule has 3 nitrogen and oxygen atoms in total. The number of amides is 1. The van der Waals surface area contributed by atoms with Crippen molar-refractivity contribution in [1.29, 1.82) is 0 Å². The van der Waals surface area contributed by atoms with Crippen LogP contribution in [-0.4, -0.2) is 30.9 Å². The van der Waals surface area contributed by atoms with E-state index in [0.29, 0.717) is 13.1 Å². The quantitative estimate of drug-likeness (QED) is 0.924. The first-order valence-electron chi connectivity index (χ1n) is 6.29. The Kier molecular flexibility index (Phi) is 6.53. The molecule has 0 aliphatic rings. The van der Waals surface area contributed by atoms with E-state index in [2.05, 4.69) is 13.8 Å². The van der Waals surface area contributed by atoms with Crippen molar-refractivity contribution >= 4 is 18.3 Å². The summed E-state index contributed by atoms with van der Waals surface area (Å²) in [5.74, 6) is 0.0552. The number of rotatable bonds is 4. The van der Waals surface area contributed by atoms with Crippen LogP contribution in [0.15, 0.2) is 18.2 Å². The van der Waals surface area contributed by atoms with E-state index in [0.717, 1.165) is 11.1 Å². The van der Waals surface area contributed by atoms with Crippen LogP contribution in [0.25, 0.3) is 0 Å². The Hall–Kier alpha value is -1.06. The molecule has 1 rings (SSSR count). The summed E-state index contributed by atoms with van der Waals surface area (Å²) in [7, 11) is 1.83. The number of benzene rings is 1. The monoisotopic (exact) mass is 284 g/mol. The molecule has 1 aromatic carbocycles. The molecule has 0 radical (unpaired) electrons. The average molecular weight is 285 g/mol. The predicted molar refractivity (Wildman–Crippen MR) is 83.0 cm³/mol. The SMILES string of the molecule is Cc1ccc(C(=O)N(C)CC(C)(C)CN)cc1C.Cl. The summed E-state index contributed by atoms with van der Waals surface area (Å²) in [6.07, 6.45) is 0. The van der Waals surface area contributed by atoms with E-state index in [-0.39, 0.29) is 23.7 Å². The lowest BCUT2D eigenvalue weighted by atomic mass is 9.93.